The Hall–Kier alpha value is -3.60. The average Bonchev–Trinajstić information content (AvgIpc) is 3.80. The van der Waals surface area contributed by atoms with Crippen LogP contribution in [0, 0.1) is 11.1 Å². The fourth-order valence-electron chi connectivity index (χ4n) is 4.23. The number of sulfone groups is 1. The van der Waals surface area contributed by atoms with E-state index in [2.05, 4.69) is 10.1 Å². The van der Waals surface area contributed by atoms with E-state index in [0.717, 1.165) is 31.5 Å². The molecule has 1 aliphatic rings. The fraction of sp³-hybridized carbons (Fsp3) is 0.357. The fourth-order valence-corrected chi connectivity index (χ4v) is 6.75. The summed E-state index contributed by atoms with van der Waals surface area (Å²) in [4.78, 5) is 13.0. The third-order valence-corrected chi connectivity index (χ3v) is 8.99. The van der Waals surface area contributed by atoms with Gasteiger partial charge in [0.05, 0.1) is 12.3 Å². The first kappa shape index (κ1) is 35.3. The van der Waals surface area contributed by atoms with Gasteiger partial charge in [-0.05, 0) is 54.2 Å². The molecule has 1 aromatic heterocycles. The van der Waals surface area contributed by atoms with Crippen LogP contribution >= 0.6 is 23.2 Å². The Bertz CT molecular complexity index is 1710. The standard InChI is InChI=1S/C28H29Cl2F2N3O9S2/c1-46(40,41)16-35(45(38)39)20-7-4-17(5-8-20)12-33-28(36)44-25(11-21-22(29)13-34(37)14-23(21)30)19-6-9-24(43-27(31)32)26(10-19)42-15-18-2-3-18/h4-10,13-14,18,25,27,45H,2-3,11-12,15-16H2,1H3,(H,33,36)/t25-/m0/s1. The molecule has 2 aromatic carbocycles. The highest BCUT2D eigenvalue weighted by molar-refractivity contribution is 7.91. The third kappa shape index (κ3) is 10.5. The zero-order chi connectivity index (χ0) is 33.6. The van der Waals surface area contributed by atoms with Gasteiger partial charge in [0.25, 0.3) is 0 Å². The van der Waals surface area contributed by atoms with Crippen LogP contribution in [-0.2, 0) is 38.4 Å². The molecule has 0 radical (unpaired) electrons. The predicted molar refractivity (Wildman–Crippen MR) is 165 cm³/mol. The average molecular weight is 725 g/mol. The van der Waals surface area contributed by atoms with Gasteiger partial charge in [0.2, 0.25) is 10.9 Å². The third-order valence-electron chi connectivity index (χ3n) is 6.65. The molecule has 1 fully saturated rings. The number of nitrogens with one attached hydrogen (secondary N) is 1. The quantitative estimate of drug-likeness (QED) is 0.130. The van der Waals surface area contributed by atoms with Crippen LogP contribution in [0.3, 0.4) is 0 Å². The van der Waals surface area contributed by atoms with Gasteiger partial charge in [-0.15, -0.1) is 0 Å². The Balaban J connectivity index is 1.54. The lowest BCUT2D eigenvalue weighted by atomic mass is 10.0. The van der Waals surface area contributed by atoms with Gasteiger partial charge in [-0.1, -0.05) is 41.4 Å². The van der Waals surface area contributed by atoms with Crippen molar-refractivity contribution in [2.45, 2.75) is 38.5 Å². The number of amides is 1. The molecule has 0 unspecified atom stereocenters. The number of aromatic nitrogens is 1. The number of rotatable bonds is 15. The normalized spacial score (nSPS) is 13.8. The van der Waals surface area contributed by atoms with Crippen LogP contribution in [0.4, 0.5) is 19.3 Å². The molecule has 250 valence electrons. The number of nitrogens with zero attached hydrogens (tertiary/aromatic N) is 2. The summed E-state index contributed by atoms with van der Waals surface area (Å²) < 4.78 is 89.8. The summed E-state index contributed by atoms with van der Waals surface area (Å²) in [6.45, 7) is -2.89. The summed E-state index contributed by atoms with van der Waals surface area (Å²) >= 11 is 12.6. The maximum absolute atomic E-state index is 13.1. The molecular formula is C28H29Cl2F2N3O9S2. The van der Waals surface area contributed by atoms with E-state index in [1.54, 1.807) is 0 Å². The zero-order valence-corrected chi connectivity index (χ0v) is 27.3. The van der Waals surface area contributed by atoms with Crippen molar-refractivity contribution >= 4 is 55.7 Å². The van der Waals surface area contributed by atoms with E-state index in [0.29, 0.717) is 26.1 Å². The molecule has 1 amide bonds. The van der Waals surface area contributed by atoms with Crippen molar-refractivity contribution in [1.29, 1.82) is 0 Å². The number of carbonyl (C=O) groups excluding carboxylic acids is 1. The first-order valence-electron chi connectivity index (χ1n) is 13.6. The molecule has 0 aliphatic heterocycles. The smallest absolute Gasteiger partial charge is 0.408 e. The van der Waals surface area contributed by atoms with Crippen molar-refractivity contribution in [2.75, 3.05) is 23.0 Å². The minimum Gasteiger partial charge on any atom is -0.619 e. The van der Waals surface area contributed by atoms with Crippen LogP contribution in [0.5, 0.6) is 11.5 Å². The van der Waals surface area contributed by atoms with E-state index < -0.39 is 45.4 Å². The monoisotopic (exact) mass is 723 g/mol. The van der Waals surface area contributed by atoms with Gasteiger partial charge in [0.1, 0.15) is 22.0 Å². The first-order valence-corrected chi connectivity index (χ1v) is 17.5. The van der Waals surface area contributed by atoms with Crippen LogP contribution in [0.15, 0.2) is 54.9 Å². The minimum atomic E-state index is -3.64. The highest BCUT2D eigenvalue weighted by Gasteiger charge is 2.26. The largest absolute Gasteiger partial charge is 0.619 e. The van der Waals surface area contributed by atoms with E-state index in [1.165, 1.54) is 42.5 Å². The maximum atomic E-state index is 13.1. The number of ether oxygens (including phenoxy) is 3. The molecule has 1 heterocycles. The van der Waals surface area contributed by atoms with Gasteiger partial charge in [-0.2, -0.15) is 13.5 Å². The Morgan fingerprint density at radius 1 is 1.11 bits per heavy atom. The van der Waals surface area contributed by atoms with Gasteiger partial charge >= 0.3 is 12.7 Å². The van der Waals surface area contributed by atoms with Gasteiger partial charge in [0, 0.05) is 24.8 Å². The molecular weight excluding hydrogens is 695 g/mol. The van der Waals surface area contributed by atoms with Crippen molar-refractivity contribution in [3.63, 3.8) is 0 Å². The summed E-state index contributed by atoms with van der Waals surface area (Å²) in [5.74, 6) is -0.623. The highest BCUT2D eigenvalue weighted by atomic mass is 35.5. The molecule has 46 heavy (non-hydrogen) atoms. The van der Waals surface area contributed by atoms with Gasteiger partial charge < -0.3 is 24.7 Å². The number of pyridine rings is 1. The van der Waals surface area contributed by atoms with Gasteiger partial charge in [-0.25, -0.2) is 21.6 Å². The van der Waals surface area contributed by atoms with Crippen LogP contribution in [0.25, 0.3) is 0 Å². The minimum absolute atomic E-state index is 0.00389. The number of hydrogen-bond acceptors (Lipinski definition) is 9. The second kappa shape index (κ2) is 15.3. The summed E-state index contributed by atoms with van der Waals surface area (Å²) in [6.07, 6.45) is 2.85. The van der Waals surface area contributed by atoms with Crippen molar-refractivity contribution in [3.05, 3.63) is 86.8 Å². The highest BCUT2D eigenvalue weighted by Crippen LogP contribution is 2.37. The zero-order valence-electron chi connectivity index (χ0n) is 24.1. The van der Waals surface area contributed by atoms with Crippen LogP contribution in [-0.4, -0.2) is 48.3 Å². The number of hydrogen-bond donors (Lipinski definition) is 2. The van der Waals surface area contributed by atoms with Crippen molar-refractivity contribution in [3.8, 4) is 11.5 Å². The Labute approximate surface area is 275 Å². The molecule has 1 saturated carbocycles. The van der Waals surface area contributed by atoms with Gasteiger partial charge in [-0.3, -0.25) is 4.31 Å². The number of alkyl carbamates (subject to hydrolysis) is 1. The molecule has 0 spiro atoms. The lowest BCUT2D eigenvalue weighted by Gasteiger charge is -2.22. The molecule has 1 aliphatic carbocycles. The van der Waals surface area contributed by atoms with Crippen LogP contribution < -0.4 is 23.8 Å². The molecule has 12 nitrogen and oxygen atoms in total. The Morgan fingerprint density at radius 3 is 2.33 bits per heavy atom. The van der Waals surface area contributed by atoms with Crippen molar-refractivity contribution in [1.82, 2.24) is 5.32 Å². The van der Waals surface area contributed by atoms with Gasteiger partial charge in [0.15, 0.2) is 33.7 Å². The van der Waals surface area contributed by atoms with E-state index in [1.807, 2.05) is 0 Å². The summed E-state index contributed by atoms with van der Waals surface area (Å²) in [5, 5.41) is 14.3. The van der Waals surface area contributed by atoms with E-state index in [9.17, 15) is 35.6 Å². The number of thiol groups is 1. The second-order valence-corrected chi connectivity index (χ2v) is 14.3. The number of halogens is 4. The lowest BCUT2D eigenvalue weighted by Crippen LogP contribution is -2.28. The number of benzene rings is 2. The molecule has 18 heteroatoms. The molecule has 3 aromatic rings. The number of carbonyl (C=O) groups is 1. The molecule has 0 bridgehead atoms. The van der Waals surface area contributed by atoms with E-state index in [4.69, 9.17) is 32.7 Å². The predicted octanol–water partition coefficient (Wildman–Crippen LogP) is 4.56. The topological polar surface area (TPSA) is 155 Å². The summed E-state index contributed by atoms with van der Waals surface area (Å²) in [7, 11) is -6.87. The number of anilines is 1. The summed E-state index contributed by atoms with van der Waals surface area (Å²) in [5.41, 5.74) is 1.25. The molecule has 1 N–H and O–H groups in total. The summed E-state index contributed by atoms with van der Waals surface area (Å²) in [6, 6.07) is 9.85. The lowest BCUT2D eigenvalue weighted by molar-refractivity contribution is -0.605. The molecule has 0 saturated heterocycles. The van der Waals surface area contributed by atoms with Crippen molar-refractivity contribution < 1.29 is 49.4 Å². The molecule has 1 atom stereocenters. The van der Waals surface area contributed by atoms with E-state index in [-0.39, 0.29) is 52.4 Å². The maximum Gasteiger partial charge on any atom is 0.408 e. The SMILES string of the molecule is CS(=O)(=O)CN(c1ccc(CNC(=O)O[C@@H](Cc2c(Cl)c[n+]([O-])cc2Cl)c2ccc(OC(F)F)c(OCC3CC3)c2)cc1)[SH](=O)=O. The number of alkyl halides is 2. The molecule has 4 rings (SSSR count). The Morgan fingerprint density at radius 2 is 1.76 bits per heavy atom. The van der Waals surface area contributed by atoms with Crippen LogP contribution in [0.1, 0.15) is 35.6 Å². The Kier molecular flexibility index (Phi) is 11.7. The van der Waals surface area contributed by atoms with Crippen LogP contribution in [0.2, 0.25) is 10.0 Å². The first-order chi connectivity index (χ1) is 21.7. The second-order valence-electron chi connectivity index (χ2n) is 10.4. The van der Waals surface area contributed by atoms with E-state index >= 15 is 0 Å². The van der Waals surface area contributed by atoms with Crippen molar-refractivity contribution in [2.24, 2.45) is 5.92 Å².